The molecule has 0 aromatic rings. The van der Waals surface area contributed by atoms with Crippen LogP contribution in [0.15, 0.2) is 11.6 Å². The molecule has 10 atom stereocenters. The summed E-state index contributed by atoms with van der Waals surface area (Å²) in [5.74, 6) is 2.08. The molecule has 0 aromatic carbocycles. The van der Waals surface area contributed by atoms with Crippen LogP contribution in [-0.4, -0.2) is 45.8 Å². The van der Waals surface area contributed by atoms with E-state index < -0.39 is 17.8 Å². The van der Waals surface area contributed by atoms with E-state index in [1.54, 1.807) is 19.4 Å². The van der Waals surface area contributed by atoms with Gasteiger partial charge in [0.15, 0.2) is 0 Å². The minimum Gasteiger partial charge on any atom is -0.393 e. The van der Waals surface area contributed by atoms with Gasteiger partial charge in [-0.2, -0.15) is 0 Å². The second kappa shape index (κ2) is 7.79. The fourth-order valence-corrected chi connectivity index (χ4v) is 10.3. The van der Waals surface area contributed by atoms with E-state index in [-0.39, 0.29) is 27.8 Å². The molecule has 0 bridgehead atoms. The fourth-order valence-electron chi connectivity index (χ4n) is 10.3. The van der Waals surface area contributed by atoms with Gasteiger partial charge >= 0.3 is 0 Å². The first-order valence-corrected chi connectivity index (χ1v) is 14.1. The summed E-state index contributed by atoms with van der Waals surface area (Å²) in [7, 11) is 0. The molecular weight excluding hydrogens is 424 g/mol. The number of allylic oxidation sites excluding steroid dienone is 2. The third-order valence-corrected chi connectivity index (χ3v) is 12.5. The van der Waals surface area contributed by atoms with Crippen molar-refractivity contribution in [1.82, 2.24) is 0 Å². The van der Waals surface area contributed by atoms with Gasteiger partial charge in [-0.3, -0.25) is 0 Å². The predicted molar refractivity (Wildman–Crippen MR) is 135 cm³/mol. The summed E-state index contributed by atoms with van der Waals surface area (Å²) in [5, 5.41) is 32.1. The molecule has 0 spiro atoms. The predicted octanol–water partition coefficient (Wildman–Crippen LogP) is 5.49. The fraction of sp³-hybridized carbons (Fsp3) is 0.933. The van der Waals surface area contributed by atoms with Crippen molar-refractivity contribution in [1.29, 1.82) is 0 Å². The highest BCUT2D eigenvalue weighted by Crippen LogP contribution is 2.73. The molecule has 3 N–H and O–H groups in total. The van der Waals surface area contributed by atoms with E-state index in [4.69, 9.17) is 4.74 Å². The van der Waals surface area contributed by atoms with E-state index in [1.165, 1.54) is 25.7 Å². The van der Waals surface area contributed by atoms with Crippen LogP contribution in [0.5, 0.6) is 0 Å². The average Bonchev–Trinajstić information content (AvgIpc) is 3.02. The smallest absolute Gasteiger partial charge is 0.111 e. The van der Waals surface area contributed by atoms with Crippen LogP contribution >= 0.6 is 0 Å². The van der Waals surface area contributed by atoms with Crippen LogP contribution in [0.1, 0.15) is 99.8 Å². The Morgan fingerprint density at radius 2 is 1.68 bits per heavy atom. The second-order valence-electron chi connectivity index (χ2n) is 14.8. The molecule has 5 rings (SSSR count). The van der Waals surface area contributed by atoms with Crippen molar-refractivity contribution in [2.45, 2.75) is 124 Å². The van der Waals surface area contributed by atoms with Crippen molar-refractivity contribution >= 4 is 0 Å². The molecule has 34 heavy (non-hydrogen) atoms. The van der Waals surface area contributed by atoms with Crippen molar-refractivity contribution in [2.24, 2.45) is 45.3 Å². The van der Waals surface area contributed by atoms with Gasteiger partial charge in [0, 0.05) is 0 Å². The molecule has 4 heteroatoms. The molecule has 4 nitrogen and oxygen atoms in total. The molecule has 1 heterocycles. The lowest BCUT2D eigenvalue weighted by Gasteiger charge is -2.64. The third-order valence-electron chi connectivity index (χ3n) is 12.5. The van der Waals surface area contributed by atoms with Crippen LogP contribution < -0.4 is 0 Å². The number of aliphatic hydroxyl groups excluding tert-OH is 2. The minimum atomic E-state index is -1.02. The number of ether oxygens (including phenoxy) is 1. The lowest BCUT2D eigenvalue weighted by molar-refractivity contribution is -0.188. The monoisotopic (exact) mass is 474 g/mol. The largest absolute Gasteiger partial charge is 0.393 e. The molecule has 1 saturated heterocycles. The van der Waals surface area contributed by atoms with Gasteiger partial charge in [-0.15, -0.1) is 0 Å². The van der Waals surface area contributed by atoms with Crippen LogP contribution in [0.2, 0.25) is 0 Å². The Morgan fingerprint density at radius 1 is 0.971 bits per heavy atom. The zero-order chi connectivity index (χ0) is 24.9. The van der Waals surface area contributed by atoms with Gasteiger partial charge in [0.05, 0.1) is 24.4 Å². The zero-order valence-electron chi connectivity index (χ0n) is 22.7. The Balaban J connectivity index is 1.42. The Bertz CT molecular complexity index is 841. The molecule has 1 aliphatic heterocycles. The summed E-state index contributed by atoms with van der Waals surface area (Å²) in [5.41, 5.74) is 1.38. The molecule has 4 fully saturated rings. The Hall–Kier alpha value is -0.420. The van der Waals surface area contributed by atoms with Crippen molar-refractivity contribution in [2.75, 3.05) is 6.61 Å². The first-order valence-electron chi connectivity index (χ1n) is 14.1. The van der Waals surface area contributed by atoms with Crippen LogP contribution in [-0.2, 0) is 4.74 Å². The summed E-state index contributed by atoms with van der Waals surface area (Å²) in [6.07, 6.45) is 10.2. The molecule has 0 amide bonds. The number of aliphatic hydroxyl groups is 3. The first kappa shape index (κ1) is 25.2. The molecule has 0 unspecified atom stereocenters. The van der Waals surface area contributed by atoms with E-state index in [1.807, 2.05) is 0 Å². The van der Waals surface area contributed by atoms with E-state index in [0.29, 0.717) is 30.3 Å². The maximum atomic E-state index is 10.9. The maximum Gasteiger partial charge on any atom is 0.111 e. The van der Waals surface area contributed by atoms with Crippen molar-refractivity contribution < 1.29 is 20.1 Å². The number of hydrogen-bond donors (Lipinski definition) is 3. The highest BCUT2D eigenvalue weighted by Gasteiger charge is 2.65. The van der Waals surface area contributed by atoms with Crippen LogP contribution in [0.25, 0.3) is 0 Å². The summed E-state index contributed by atoms with van der Waals surface area (Å²) < 4.78 is 6.13. The normalized spacial score (nSPS) is 52.9. The topological polar surface area (TPSA) is 69.9 Å². The van der Waals surface area contributed by atoms with Crippen molar-refractivity contribution in [3.8, 4) is 0 Å². The number of fused-ring (bicyclic) bond motifs is 5. The van der Waals surface area contributed by atoms with Crippen molar-refractivity contribution in [3.05, 3.63) is 11.6 Å². The van der Waals surface area contributed by atoms with Gasteiger partial charge in [-0.1, -0.05) is 46.3 Å². The quantitative estimate of drug-likeness (QED) is 0.463. The Labute approximate surface area is 207 Å². The van der Waals surface area contributed by atoms with E-state index in [2.05, 4.69) is 40.7 Å². The lowest BCUT2D eigenvalue weighted by Crippen LogP contribution is -2.58. The van der Waals surface area contributed by atoms with Crippen LogP contribution in [0.4, 0.5) is 0 Å². The highest BCUT2D eigenvalue weighted by atomic mass is 16.5. The maximum absolute atomic E-state index is 10.9. The number of hydrogen-bond acceptors (Lipinski definition) is 4. The number of rotatable bonds is 2. The van der Waals surface area contributed by atoms with Gasteiger partial charge in [-0.05, 0) is 111 Å². The van der Waals surface area contributed by atoms with Gasteiger partial charge in [0.25, 0.3) is 0 Å². The molecule has 0 radical (unpaired) electrons. The zero-order valence-corrected chi connectivity index (χ0v) is 22.7. The molecule has 4 aliphatic carbocycles. The van der Waals surface area contributed by atoms with E-state index in [9.17, 15) is 15.3 Å². The minimum absolute atomic E-state index is 0.0263. The van der Waals surface area contributed by atoms with Gasteiger partial charge in [-0.25, -0.2) is 0 Å². The average molecular weight is 475 g/mol. The summed E-state index contributed by atoms with van der Waals surface area (Å²) in [4.78, 5) is 0. The Morgan fingerprint density at radius 3 is 2.32 bits per heavy atom. The Kier molecular flexibility index (Phi) is 5.78. The standard InChI is InChI=1S/C30H50O4/c1-26(2)23-9-8-21-20(28(23,5)13-12-24(26)32)11-15-29(6)19(10-14-30(21,29)7)18-16-22(31)25(34-17-18)27(3,4)33/h8,18-20,22-25,31-33H,9-17H2,1-7H3/t18-,19+,20-,22-,23-,24-,25-,28-,29-,30-/m1/s1. The summed E-state index contributed by atoms with van der Waals surface area (Å²) in [6.45, 7) is 16.4. The molecule has 194 valence electrons. The molecule has 3 saturated carbocycles. The van der Waals surface area contributed by atoms with E-state index >= 15 is 0 Å². The summed E-state index contributed by atoms with van der Waals surface area (Å²) in [6, 6.07) is 0. The molecule has 0 aromatic heterocycles. The van der Waals surface area contributed by atoms with E-state index in [0.717, 1.165) is 25.7 Å². The first-order chi connectivity index (χ1) is 15.7. The van der Waals surface area contributed by atoms with Gasteiger partial charge in [0.2, 0.25) is 0 Å². The van der Waals surface area contributed by atoms with Gasteiger partial charge in [0.1, 0.15) is 6.10 Å². The van der Waals surface area contributed by atoms with Crippen molar-refractivity contribution in [3.63, 3.8) is 0 Å². The highest BCUT2D eigenvalue weighted by molar-refractivity contribution is 5.33. The van der Waals surface area contributed by atoms with Crippen LogP contribution in [0.3, 0.4) is 0 Å². The SMILES string of the molecule is CC(C)(O)[C@@H]1OC[C@H]([C@@H]2CC[C@]3(C)C4=CC[C@@H]5C(C)(C)[C@H](O)CC[C@]5(C)[C@@H]4CC[C@]23C)C[C@H]1O. The second-order valence-corrected chi connectivity index (χ2v) is 14.8. The third kappa shape index (κ3) is 3.30. The van der Waals surface area contributed by atoms with Crippen LogP contribution in [0, 0.1) is 45.3 Å². The molecular formula is C30H50O4. The molecule has 5 aliphatic rings. The lowest BCUT2D eigenvalue weighted by atomic mass is 9.41. The van der Waals surface area contributed by atoms with Gasteiger partial charge < -0.3 is 20.1 Å². The summed E-state index contributed by atoms with van der Waals surface area (Å²) >= 11 is 0.